The zero-order valence-corrected chi connectivity index (χ0v) is 12.8. The van der Waals surface area contributed by atoms with Gasteiger partial charge in [0.1, 0.15) is 6.29 Å². The van der Waals surface area contributed by atoms with Crippen molar-refractivity contribution >= 4 is 20.3 Å². The van der Waals surface area contributed by atoms with Crippen LogP contribution >= 0.6 is 0 Å². The van der Waals surface area contributed by atoms with E-state index in [1.165, 1.54) is 0 Å². The van der Waals surface area contributed by atoms with Crippen molar-refractivity contribution in [2.75, 3.05) is 19.8 Å². The number of aldehydes is 1. The second kappa shape index (κ2) is 8.22. The summed E-state index contributed by atoms with van der Waals surface area (Å²) < 4.78 is 17.5. The fourth-order valence-electron chi connectivity index (χ4n) is 1.89. The van der Waals surface area contributed by atoms with E-state index in [2.05, 4.69) is 0 Å². The molecule has 0 aliphatic carbocycles. The van der Waals surface area contributed by atoms with Crippen molar-refractivity contribution in [3.8, 4) is 0 Å². The Morgan fingerprint density at radius 3 is 1.79 bits per heavy atom. The molecule has 0 fully saturated rings. The Morgan fingerprint density at radius 2 is 1.42 bits per heavy atom. The molecule has 0 N–H and O–H groups in total. The fraction of sp³-hybridized carbons (Fsp3) is 0.500. The Labute approximate surface area is 116 Å². The molecule has 4 nitrogen and oxygen atoms in total. The average molecular weight is 282 g/mol. The van der Waals surface area contributed by atoms with Gasteiger partial charge in [-0.25, -0.2) is 0 Å². The van der Waals surface area contributed by atoms with E-state index in [0.717, 1.165) is 17.0 Å². The van der Waals surface area contributed by atoms with E-state index in [1.54, 1.807) is 0 Å². The first-order valence-electron chi connectivity index (χ1n) is 6.67. The average Bonchev–Trinajstić information content (AvgIpc) is 2.41. The highest BCUT2D eigenvalue weighted by molar-refractivity contribution is 6.75. The first kappa shape index (κ1) is 16.0. The quantitative estimate of drug-likeness (QED) is 0.511. The van der Waals surface area contributed by atoms with Gasteiger partial charge in [-0.1, -0.05) is 24.3 Å². The molecule has 0 spiro atoms. The third-order valence-corrected chi connectivity index (χ3v) is 5.68. The standard InChI is InChI=1S/C14H22O4Si/c1-4-16-19(17-5-2,18-6-3)14-9-7-13(8-10-14)11-12-15/h7-10,12H,4-6,11H2,1-3H3. The lowest BCUT2D eigenvalue weighted by atomic mass is 10.2. The largest absolute Gasteiger partial charge is 0.537 e. The number of benzene rings is 1. The van der Waals surface area contributed by atoms with Crippen molar-refractivity contribution in [2.24, 2.45) is 0 Å². The van der Waals surface area contributed by atoms with Gasteiger partial charge in [0, 0.05) is 31.4 Å². The highest BCUT2D eigenvalue weighted by Gasteiger charge is 2.42. The van der Waals surface area contributed by atoms with Gasteiger partial charge in [0.15, 0.2) is 0 Å². The van der Waals surface area contributed by atoms with Crippen molar-refractivity contribution in [3.63, 3.8) is 0 Å². The molecular formula is C14H22O4Si. The zero-order chi connectivity index (χ0) is 14.1. The second-order valence-electron chi connectivity index (χ2n) is 3.92. The maximum Gasteiger partial charge on any atom is 0.537 e. The summed E-state index contributed by atoms with van der Waals surface area (Å²) in [4.78, 5) is 10.5. The van der Waals surface area contributed by atoms with Crippen molar-refractivity contribution < 1.29 is 18.1 Å². The van der Waals surface area contributed by atoms with Crippen LogP contribution in [0.4, 0.5) is 0 Å². The predicted octanol–water partition coefficient (Wildman–Crippen LogP) is 1.68. The Bertz CT molecular complexity index is 361. The predicted molar refractivity (Wildman–Crippen MR) is 76.5 cm³/mol. The first-order chi connectivity index (χ1) is 9.22. The Hall–Kier alpha value is -1.01. The van der Waals surface area contributed by atoms with Crippen molar-refractivity contribution in [3.05, 3.63) is 29.8 Å². The number of hydrogen-bond donors (Lipinski definition) is 0. The van der Waals surface area contributed by atoms with Crippen LogP contribution in [0.15, 0.2) is 24.3 Å². The normalized spacial score (nSPS) is 11.5. The molecule has 0 aromatic heterocycles. The van der Waals surface area contributed by atoms with E-state index in [0.29, 0.717) is 26.2 Å². The fourth-order valence-corrected chi connectivity index (χ4v) is 4.35. The van der Waals surface area contributed by atoms with Crippen LogP contribution in [0.3, 0.4) is 0 Å². The van der Waals surface area contributed by atoms with Gasteiger partial charge in [-0.2, -0.15) is 0 Å². The van der Waals surface area contributed by atoms with Gasteiger partial charge in [-0.3, -0.25) is 0 Å². The SMILES string of the molecule is CCO[Si](OCC)(OCC)c1ccc(CC=O)cc1. The molecular weight excluding hydrogens is 260 g/mol. The molecule has 0 saturated carbocycles. The number of carbonyl (C=O) groups is 1. The third kappa shape index (κ3) is 4.24. The summed E-state index contributed by atoms with van der Waals surface area (Å²) in [7, 11) is -2.81. The molecule has 1 rings (SSSR count). The van der Waals surface area contributed by atoms with E-state index in [1.807, 2.05) is 45.0 Å². The molecule has 19 heavy (non-hydrogen) atoms. The number of hydrogen-bond acceptors (Lipinski definition) is 4. The van der Waals surface area contributed by atoms with Crippen LogP contribution in [0.1, 0.15) is 26.3 Å². The number of rotatable bonds is 9. The van der Waals surface area contributed by atoms with E-state index in [4.69, 9.17) is 13.3 Å². The van der Waals surface area contributed by atoms with E-state index >= 15 is 0 Å². The lowest BCUT2D eigenvalue weighted by Crippen LogP contribution is -2.56. The summed E-state index contributed by atoms with van der Waals surface area (Å²) in [5.41, 5.74) is 0.978. The molecule has 0 aliphatic heterocycles. The maximum absolute atomic E-state index is 10.5. The van der Waals surface area contributed by atoms with Crippen LogP contribution in [0.2, 0.25) is 0 Å². The zero-order valence-electron chi connectivity index (χ0n) is 11.8. The summed E-state index contributed by atoms with van der Waals surface area (Å²) in [6.07, 6.45) is 1.32. The molecule has 1 aromatic carbocycles. The molecule has 0 aliphatic rings. The minimum absolute atomic E-state index is 0.423. The minimum Gasteiger partial charge on any atom is -0.370 e. The van der Waals surface area contributed by atoms with Gasteiger partial charge in [-0.15, -0.1) is 0 Å². The molecule has 0 bridgehead atoms. The Kier molecular flexibility index (Phi) is 6.94. The van der Waals surface area contributed by atoms with Crippen LogP contribution in [0.25, 0.3) is 0 Å². The van der Waals surface area contributed by atoms with Gasteiger partial charge < -0.3 is 18.1 Å². The molecule has 5 heteroatoms. The maximum atomic E-state index is 10.5. The van der Waals surface area contributed by atoms with Crippen LogP contribution in [0.5, 0.6) is 0 Å². The summed E-state index contributed by atoms with van der Waals surface area (Å²) in [6, 6.07) is 7.71. The van der Waals surface area contributed by atoms with Crippen LogP contribution < -0.4 is 5.19 Å². The lowest BCUT2D eigenvalue weighted by Gasteiger charge is -2.28. The third-order valence-electron chi connectivity index (χ3n) is 2.63. The monoisotopic (exact) mass is 282 g/mol. The van der Waals surface area contributed by atoms with Gasteiger partial charge in [0.05, 0.1) is 0 Å². The molecule has 0 radical (unpaired) electrons. The van der Waals surface area contributed by atoms with Crippen molar-refractivity contribution in [2.45, 2.75) is 27.2 Å². The summed E-state index contributed by atoms with van der Waals surface area (Å²) in [6.45, 7) is 7.43. The van der Waals surface area contributed by atoms with Crippen molar-refractivity contribution in [1.82, 2.24) is 0 Å². The molecule has 0 amide bonds. The van der Waals surface area contributed by atoms with E-state index in [-0.39, 0.29) is 0 Å². The smallest absolute Gasteiger partial charge is 0.370 e. The summed E-state index contributed by atoms with van der Waals surface area (Å²) in [5, 5.41) is 0.938. The van der Waals surface area contributed by atoms with Gasteiger partial charge in [0.2, 0.25) is 0 Å². The Morgan fingerprint density at radius 1 is 0.947 bits per heavy atom. The first-order valence-corrected chi connectivity index (χ1v) is 8.39. The molecule has 0 unspecified atom stereocenters. The van der Waals surface area contributed by atoms with Crippen LogP contribution in [0, 0.1) is 0 Å². The second-order valence-corrected chi connectivity index (χ2v) is 6.48. The summed E-state index contributed by atoms with van der Waals surface area (Å²) in [5.74, 6) is 0. The van der Waals surface area contributed by atoms with Gasteiger partial charge in [-0.05, 0) is 26.3 Å². The van der Waals surface area contributed by atoms with Gasteiger partial charge >= 0.3 is 8.80 Å². The minimum atomic E-state index is -2.81. The van der Waals surface area contributed by atoms with Crippen LogP contribution in [-0.2, 0) is 24.5 Å². The molecule has 0 saturated heterocycles. The molecule has 0 heterocycles. The molecule has 0 atom stereocenters. The highest BCUT2D eigenvalue weighted by Crippen LogP contribution is 2.11. The van der Waals surface area contributed by atoms with E-state index in [9.17, 15) is 4.79 Å². The van der Waals surface area contributed by atoms with E-state index < -0.39 is 8.80 Å². The molecule has 106 valence electrons. The highest BCUT2D eigenvalue weighted by atomic mass is 28.4. The molecule has 1 aromatic rings. The number of carbonyl (C=O) groups excluding carboxylic acids is 1. The summed E-state index contributed by atoms with van der Waals surface area (Å²) >= 11 is 0. The Balaban J connectivity index is 3.03. The van der Waals surface area contributed by atoms with Crippen molar-refractivity contribution in [1.29, 1.82) is 0 Å². The van der Waals surface area contributed by atoms with Crippen LogP contribution in [-0.4, -0.2) is 34.9 Å². The topological polar surface area (TPSA) is 44.8 Å². The lowest BCUT2D eigenvalue weighted by molar-refractivity contribution is -0.107. The van der Waals surface area contributed by atoms with Gasteiger partial charge in [0.25, 0.3) is 0 Å².